The highest BCUT2D eigenvalue weighted by Crippen LogP contribution is 2.21. The Balaban J connectivity index is 1.93. The summed E-state index contributed by atoms with van der Waals surface area (Å²) in [4.78, 5) is 11.9. The van der Waals surface area contributed by atoms with Gasteiger partial charge in [0.05, 0.1) is 12.0 Å². The standard InChI is InChI=1S/C17H25NO2/c1-12-3-5-14(6-4-12)17(13(2)19)11-18-15-7-9-16(20)10-8-15/h3-6,15-18,20H,7-11H2,1-2H3/t15?,16?,17-/m0/s1. The highest BCUT2D eigenvalue weighted by Gasteiger charge is 2.22. The molecular weight excluding hydrogens is 250 g/mol. The van der Waals surface area contributed by atoms with Gasteiger partial charge in [-0.25, -0.2) is 0 Å². The quantitative estimate of drug-likeness (QED) is 0.868. The van der Waals surface area contributed by atoms with Crippen molar-refractivity contribution in [2.45, 2.75) is 57.6 Å². The minimum Gasteiger partial charge on any atom is -0.393 e. The predicted octanol–water partition coefficient (Wildman–Crippen LogP) is 2.56. The number of aliphatic hydroxyl groups is 1. The summed E-state index contributed by atoms with van der Waals surface area (Å²) in [5, 5.41) is 13.0. The summed E-state index contributed by atoms with van der Waals surface area (Å²) in [7, 11) is 0. The molecule has 0 heterocycles. The zero-order chi connectivity index (χ0) is 14.5. The summed E-state index contributed by atoms with van der Waals surface area (Å²) in [6.07, 6.45) is 3.60. The Morgan fingerprint density at radius 2 is 1.85 bits per heavy atom. The lowest BCUT2D eigenvalue weighted by atomic mass is 9.91. The van der Waals surface area contributed by atoms with E-state index in [0.29, 0.717) is 12.6 Å². The van der Waals surface area contributed by atoms with Crippen LogP contribution in [0.25, 0.3) is 0 Å². The number of hydrogen-bond acceptors (Lipinski definition) is 3. The molecule has 1 fully saturated rings. The van der Waals surface area contributed by atoms with Crippen LogP contribution in [0.5, 0.6) is 0 Å². The third kappa shape index (κ3) is 4.15. The number of Topliss-reactive ketones (excluding diaryl/α,β-unsaturated/α-hetero) is 1. The monoisotopic (exact) mass is 275 g/mol. The maximum absolute atomic E-state index is 11.9. The zero-order valence-corrected chi connectivity index (χ0v) is 12.4. The van der Waals surface area contributed by atoms with Gasteiger partial charge in [-0.05, 0) is 45.1 Å². The van der Waals surface area contributed by atoms with Crippen molar-refractivity contribution in [3.05, 3.63) is 35.4 Å². The lowest BCUT2D eigenvalue weighted by Crippen LogP contribution is -2.38. The summed E-state index contributed by atoms with van der Waals surface area (Å²) in [6, 6.07) is 8.65. The molecule has 2 N–H and O–H groups in total. The number of aliphatic hydroxyl groups excluding tert-OH is 1. The molecule has 0 aliphatic heterocycles. The van der Waals surface area contributed by atoms with Gasteiger partial charge in [-0.1, -0.05) is 29.8 Å². The van der Waals surface area contributed by atoms with Gasteiger partial charge in [0.1, 0.15) is 5.78 Å². The Morgan fingerprint density at radius 3 is 2.40 bits per heavy atom. The Labute approximate surface area is 121 Å². The molecule has 20 heavy (non-hydrogen) atoms. The number of carbonyl (C=O) groups excluding carboxylic acids is 1. The molecule has 0 amide bonds. The van der Waals surface area contributed by atoms with Crippen molar-refractivity contribution in [1.82, 2.24) is 5.32 Å². The zero-order valence-electron chi connectivity index (χ0n) is 12.4. The number of aryl methyl sites for hydroxylation is 1. The van der Waals surface area contributed by atoms with Crippen molar-refractivity contribution < 1.29 is 9.90 Å². The number of benzene rings is 1. The second-order valence-corrected chi connectivity index (χ2v) is 5.99. The van der Waals surface area contributed by atoms with Crippen LogP contribution in [0.3, 0.4) is 0 Å². The molecular formula is C17H25NO2. The van der Waals surface area contributed by atoms with E-state index in [0.717, 1.165) is 31.2 Å². The second-order valence-electron chi connectivity index (χ2n) is 5.99. The fourth-order valence-corrected chi connectivity index (χ4v) is 2.86. The summed E-state index contributed by atoms with van der Waals surface area (Å²) < 4.78 is 0. The Hall–Kier alpha value is -1.19. The van der Waals surface area contributed by atoms with Crippen molar-refractivity contribution in [3.8, 4) is 0 Å². The molecule has 1 aliphatic rings. The van der Waals surface area contributed by atoms with Gasteiger partial charge < -0.3 is 10.4 Å². The molecule has 0 saturated heterocycles. The minimum absolute atomic E-state index is 0.0672. The largest absolute Gasteiger partial charge is 0.393 e. The molecule has 0 radical (unpaired) electrons. The third-order valence-corrected chi connectivity index (χ3v) is 4.28. The molecule has 1 saturated carbocycles. The maximum atomic E-state index is 11.9. The van der Waals surface area contributed by atoms with E-state index in [-0.39, 0.29) is 17.8 Å². The molecule has 110 valence electrons. The first-order valence-corrected chi connectivity index (χ1v) is 7.54. The summed E-state index contributed by atoms with van der Waals surface area (Å²) in [6.45, 7) is 4.41. The lowest BCUT2D eigenvalue weighted by molar-refractivity contribution is -0.118. The smallest absolute Gasteiger partial charge is 0.138 e. The van der Waals surface area contributed by atoms with Gasteiger partial charge in [-0.3, -0.25) is 4.79 Å². The summed E-state index contributed by atoms with van der Waals surface area (Å²) >= 11 is 0. The summed E-state index contributed by atoms with van der Waals surface area (Å²) in [5.41, 5.74) is 2.30. The van der Waals surface area contributed by atoms with Crippen LogP contribution >= 0.6 is 0 Å². The molecule has 1 atom stereocenters. The van der Waals surface area contributed by atoms with Crippen LogP contribution in [0, 0.1) is 6.92 Å². The molecule has 0 unspecified atom stereocenters. The average molecular weight is 275 g/mol. The van der Waals surface area contributed by atoms with Gasteiger partial charge in [0.15, 0.2) is 0 Å². The SMILES string of the molecule is CC(=O)[C@H](CNC1CCC(O)CC1)c1ccc(C)cc1. The van der Waals surface area contributed by atoms with Crippen molar-refractivity contribution in [1.29, 1.82) is 0 Å². The van der Waals surface area contributed by atoms with Crippen LogP contribution in [0.1, 0.15) is 49.7 Å². The van der Waals surface area contributed by atoms with Crippen LogP contribution in [0.4, 0.5) is 0 Å². The van der Waals surface area contributed by atoms with E-state index in [2.05, 4.69) is 24.4 Å². The second kappa shape index (κ2) is 7.00. The van der Waals surface area contributed by atoms with Gasteiger partial charge in [-0.15, -0.1) is 0 Å². The Bertz CT molecular complexity index is 433. The van der Waals surface area contributed by atoms with Crippen LogP contribution in [-0.2, 0) is 4.79 Å². The number of nitrogens with one attached hydrogen (secondary N) is 1. The molecule has 1 aromatic rings. The molecule has 3 heteroatoms. The molecule has 0 bridgehead atoms. The van der Waals surface area contributed by atoms with Crippen molar-refractivity contribution in [2.24, 2.45) is 0 Å². The van der Waals surface area contributed by atoms with E-state index in [1.165, 1.54) is 5.56 Å². The first-order valence-electron chi connectivity index (χ1n) is 7.54. The Morgan fingerprint density at radius 1 is 1.25 bits per heavy atom. The van der Waals surface area contributed by atoms with Crippen LogP contribution in [0.2, 0.25) is 0 Å². The van der Waals surface area contributed by atoms with Gasteiger partial charge in [0.2, 0.25) is 0 Å². The highest BCUT2D eigenvalue weighted by molar-refractivity contribution is 5.83. The van der Waals surface area contributed by atoms with Gasteiger partial charge in [0.25, 0.3) is 0 Å². The van der Waals surface area contributed by atoms with Crippen LogP contribution in [0.15, 0.2) is 24.3 Å². The van der Waals surface area contributed by atoms with E-state index in [1.54, 1.807) is 6.92 Å². The minimum atomic E-state index is -0.131. The first kappa shape index (κ1) is 15.2. The summed E-state index contributed by atoms with van der Waals surface area (Å²) in [5.74, 6) is 0.139. The lowest BCUT2D eigenvalue weighted by Gasteiger charge is -2.27. The number of ketones is 1. The van der Waals surface area contributed by atoms with Gasteiger partial charge in [0, 0.05) is 12.6 Å². The highest BCUT2D eigenvalue weighted by atomic mass is 16.3. The van der Waals surface area contributed by atoms with Crippen LogP contribution < -0.4 is 5.32 Å². The maximum Gasteiger partial charge on any atom is 0.138 e. The van der Waals surface area contributed by atoms with Crippen molar-refractivity contribution >= 4 is 5.78 Å². The van der Waals surface area contributed by atoms with E-state index in [4.69, 9.17) is 0 Å². The Kier molecular flexibility index (Phi) is 5.32. The molecule has 1 aliphatic carbocycles. The topological polar surface area (TPSA) is 49.3 Å². The number of carbonyl (C=O) groups is 1. The molecule has 1 aromatic carbocycles. The number of hydrogen-bond donors (Lipinski definition) is 2. The third-order valence-electron chi connectivity index (χ3n) is 4.28. The number of rotatable bonds is 5. The first-order chi connectivity index (χ1) is 9.56. The normalized spacial score (nSPS) is 24.4. The van der Waals surface area contributed by atoms with Gasteiger partial charge >= 0.3 is 0 Å². The predicted molar refractivity (Wildman–Crippen MR) is 80.9 cm³/mol. The average Bonchev–Trinajstić information content (AvgIpc) is 2.43. The fraction of sp³-hybridized carbons (Fsp3) is 0.588. The molecule has 2 rings (SSSR count). The van der Waals surface area contributed by atoms with E-state index < -0.39 is 0 Å². The van der Waals surface area contributed by atoms with Crippen molar-refractivity contribution in [2.75, 3.05) is 6.54 Å². The van der Waals surface area contributed by atoms with Gasteiger partial charge in [-0.2, -0.15) is 0 Å². The van der Waals surface area contributed by atoms with Crippen molar-refractivity contribution in [3.63, 3.8) is 0 Å². The van der Waals surface area contributed by atoms with Crippen LogP contribution in [-0.4, -0.2) is 29.6 Å². The van der Waals surface area contributed by atoms with E-state index in [1.807, 2.05) is 12.1 Å². The van der Waals surface area contributed by atoms with E-state index in [9.17, 15) is 9.90 Å². The molecule has 0 spiro atoms. The van der Waals surface area contributed by atoms with E-state index >= 15 is 0 Å². The fourth-order valence-electron chi connectivity index (χ4n) is 2.86. The molecule has 3 nitrogen and oxygen atoms in total. The molecule has 0 aromatic heterocycles.